The minimum Gasteiger partial charge on any atom is -0.310 e. The average Bonchev–Trinajstić information content (AvgIpc) is 3.39. The summed E-state index contributed by atoms with van der Waals surface area (Å²) in [6, 6.07) is 65.9. The average molecular weight is 629 g/mol. The maximum Gasteiger partial charge on any atom is 0.0543 e. The molecule has 0 unspecified atom stereocenters. The predicted molar refractivity (Wildman–Crippen MR) is 208 cm³/mol. The quantitative estimate of drug-likeness (QED) is 0.181. The number of nitrogens with zero attached hydrogens (tertiary/aromatic N) is 2. The summed E-state index contributed by atoms with van der Waals surface area (Å²) in [6.07, 6.45) is 0. The molecule has 0 aliphatic heterocycles. The van der Waals surface area contributed by atoms with Crippen LogP contribution in [0.15, 0.2) is 182 Å². The lowest BCUT2D eigenvalue weighted by Gasteiger charge is -2.30. The summed E-state index contributed by atoms with van der Waals surface area (Å²) >= 11 is 0. The Morgan fingerprint density at radius 2 is 0.592 bits per heavy atom. The second-order valence-corrected chi connectivity index (χ2v) is 13.4. The Bertz CT molecular complexity index is 2200. The van der Waals surface area contributed by atoms with E-state index in [9.17, 15) is 0 Å². The Hall–Kier alpha value is -6.12. The molecular weight excluding hydrogens is 593 g/mol. The van der Waals surface area contributed by atoms with Crippen LogP contribution in [0.2, 0.25) is 0 Å². The maximum atomic E-state index is 2.47. The highest BCUT2D eigenvalue weighted by Crippen LogP contribution is 2.58. The fourth-order valence-electron chi connectivity index (χ4n) is 7.91. The van der Waals surface area contributed by atoms with Crippen LogP contribution in [0.25, 0.3) is 32.7 Å². The van der Waals surface area contributed by atoms with Crippen LogP contribution < -0.4 is 9.80 Å². The number of fused-ring (bicyclic) bond motifs is 7. The second-order valence-electron chi connectivity index (χ2n) is 13.4. The molecule has 2 nitrogen and oxygen atoms in total. The van der Waals surface area contributed by atoms with Gasteiger partial charge in [-0.15, -0.1) is 0 Å². The summed E-state index contributed by atoms with van der Waals surface area (Å²) in [6.45, 7) is 4.80. The lowest BCUT2D eigenvalue weighted by Crippen LogP contribution is -2.18. The summed E-state index contributed by atoms with van der Waals surface area (Å²) < 4.78 is 0. The molecule has 8 aromatic carbocycles. The van der Waals surface area contributed by atoms with E-state index in [1.807, 2.05) is 0 Å². The molecule has 0 radical (unpaired) electrons. The van der Waals surface area contributed by atoms with E-state index >= 15 is 0 Å². The van der Waals surface area contributed by atoms with Gasteiger partial charge in [-0.1, -0.05) is 135 Å². The van der Waals surface area contributed by atoms with E-state index in [0.29, 0.717) is 0 Å². The van der Waals surface area contributed by atoms with Gasteiger partial charge in [0.1, 0.15) is 0 Å². The van der Waals surface area contributed by atoms with Crippen molar-refractivity contribution in [3.63, 3.8) is 0 Å². The third-order valence-corrected chi connectivity index (χ3v) is 10.2. The number of benzene rings is 8. The van der Waals surface area contributed by atoms with E-state index in [1.54, 1.807) is 0 Å². The molecule has 0 fully saturated rings. The van der Waals surface area contributed by atoms with Crippen molar-refractivity contribution in [3.05, 3.63) is 193 Å². The number of anilines is 6. The van der Waals surface area contributed by atoms with Gasteiger partial charge in [0.05, 0.1) is 11.4 Å². The molecule has 8 aromatic rings. The molecule has 1 aliphatic rings. The number of hydrogen-bond acceptors (Lipinski definition) is 2. The highest BCUT2D eigenvalue weighted by atomic mass is 15.1. The molecular formula is C47H36N2. The SMILES string of the molecule is CC1(C)c2cc(N(c3ccccc3)c3ccccc3)c3ccccc3c2-c2c1cc(N(c1ccccc1)c1ccccc1)c1ccccc21. The van der Waals surface area contributed by atoms with E-state index < -0.39 is 0 Å². The molecule has 234 valence electrons. The number of hydrogen-bond donors (Lipinski definition) is 0. The van der Waals surface area contributed by atoms with Gasteiger partial charge in [-0.3, -0.25) is 0 Å². The number of rotatable bonds is 6. The van der Waals surface area contributed by atoms with E-state index in [-0.39, 0.29) is 5.41 Å². The Kier molecular flexibility index (Phi) is 6.84. The minimum absolute atomic E-state index is 0.264. The highest BCUT2D eigenvalue weighted by Gasteiger charge is 2.40. The molecule has 9 rings (SSSR count). The first-order chi connectivity index (χ1) is 24.1. The van der Waals surface area contributed by atoms with Gasteiger partial charge in [0.25, 0.3) is 0 Å². The van der Waals surface area contributed by atoms with Crippen LogP contribution in [-0.2, 0) is 5.41 Å². The molecule has 0 bridgehead atoms. The Morgan fingerprint density at radius 3 is 0.898 bits per heavy atom. The van der Waals surface area contributed by atoms with E-state index in [4.69, 9.17) is 0 Å². The first-order valence-corrected chi connectivity index (χ1v) is 17.0. The van der Waals surface area contributed by atoms with Crippen LogP contribution in [0.5, 0.6) is 0 Å². The summed E-state index contributed by atoms with van der Waals surface area (Å²) in [4.78, 5) is 4.83. The van der Waals surface area contributed by atoms with Gasteiger partial charge >= 0.3 is 0 Å². The fourth-order valence-corrected chi connectivity index (χ4v) is 7.91. The fraction of sp³-hybridized carbons (Fsp3) is 0.0638. The van der Waals surface area contributed by atoms with Crippen molar-refractivity contribution in [3.8, 4) is 11.1 Å². The van der Waals surface area contributed by atoms with Crippen molar-refractivity contribution >= 4 is 55.7 Å². The third kappa shape index (κ3) is 4.63. The zero-order chi connectivity index (χ0) is 33.0. The summed E-state index contributed by atoms with van der Waals surface area (Å²) in [5, 5.41) is 5.03. The lowest BCUT2D eigenvalue weighted by molar-refractivity contribution is 0.661. The smallest absolute Gasteiger partial charge is 0.0543 e. The van der Waals surface area contributed by atoms with Crippen molar-refractivity contribution in [1.29, 1.82) is 0 Å². The molecule has 0 heterocycles. The van der Waals surface area contributed by atoms with E-state index in [1.165, 1.54) is 55.2 Å². The second kappa shape index (κ2) is 11.5. The van der Waals surface area contributed by atoms with Crippen molar-refractivity contribution in [2.45, 2.75) is 19.3 Å². The van der Waals surface area contributed by atoms with Gasteiger partial charge in [-0.25, -0.2) is 0 Å². The van der Waals surface area contributed by atoms with E-state index in [2.05, 4.69) is 206 Å². The predicted octanol–water partition coefficient (Wildman–Crippen LogP) is 13.2. The molecule has 0 amide bonds. The monoisotopic (exact) mass is 628 g/mol. The summed E-state index contributed by atoms with van der Waals surface area (Å²) in [5.41, 5.74) is 12.1. The van der Waals surface area contributed by atoms with Crippen LogP contribution in [0.3, 0.4) is 0 Å². The number of para-hydroxylation sites is 4. The van der Waals surface area contributed by atoms with Crippen molar-refractivity contribution in [1.82, 2.24) is 0 Å². The lowest BCUT2D eigenvalue weighted by atomic mass is 9.81. The molecule has 49 heavy (non-hydrogen) atoms. The van der Waals surface area contributed by atoms with Crippen LogP contribution in [0.4, 0.5) is 34.1 Å². The van der Waals surface area contributed by atoms with Gasteiger partial charge in [0.2, 0.25) is 0 Å². The molecule has 0 saturated carbocycles. The van der Waals surface area contributed by atoms with E-state index in [0.717, 1.165) is 22.7 Å². The standard InChI is InChI=1S/C47H36N2/c1-47(2)41-31-43(48(33-19-7-3-8-20-33)34-21-9-4-10-22-34)37-27-15-17-29-39(37)45(41)46-40-30-18-16-28-38(40)44(32-42(46)47)49(35-23-11-5-12-24-35)36-25-13-6-14-26-36/h3-32H,1-2H3. The first kappa shape index (κ1) is 29.1. The van der Waals surface area contributed by atoms with Crippen molar-refractivity contribution in [2.75, 3.05) is 9.80 Å². The molecule has 0 atom stereocenters. The minimum atomic E-state index is -0.264. The highest BCUT2D eigenvalue weighted by molar-refractivity contribution is 6.17. The molecule has 1 aliphatic carbocycles. The third-order valence-electron chi connectivity index (χ3n) is 10.2. The van der Waals surface area contributed by atoms with Crippen molar-refractivity contribution in [2.24, 2.45) is 0 Å². The summed E-state index contributed by atoms with van der Waals surface area (Å²) in [7, 11) is 0. The molecule has 0 spiro atoms. The van der Waals surface area contributed by atoms with Gasteiger partial charge in [0, 0.05) is 38.9 Å². The topological polar surface area (TPSA) is 6.48 Å². The molecule has 0 saturated heterocycles. The van der Waals surface area contributed by atoms with Gasteiger partial charge in [-0.2, -0.15) is 0 Å². The van der Waals surface area contributed by atoms with Crippen LogP contribution >= 0.6 is 0 Å². The van der Waals surface area contributed by atoms with Crippen LogP contribution in [-0.4, -0.2) is 0 Å². The zero-order valence-corrected chi connectivity index (χ0v) is 27.7. The molecule has 2 heteroatoms. The normalized spacial score (nSPS) is 12.9. The molecule has 0 N–H and O–H groups in total. The van der Waals surface area contributed by atoms with Crippen LogP contribution in [0.1, 0.15) is 25.0 Å². The zero-order valence-electron chi connectivity index (χ0n) is 27.7. The van der Waals surface area contributed by atoms with Gasteiger partial charge < -0.3 is 9.80 Å². The Balaban J connectivity index is 1.35. The first-order valence-electron chi connectivity index (χ1n) is 17.0. The Morgan fingerprint density at radius 1 is 0.327 bits per heavy atom. The summed E-state index contributed by atoms with van der Waals surface area (Å²) in [5.74, 6) is 0. The largest absolute Gasteiger partial charge is 0.310 e. The van der Waals surface area contributed by atoms with Crippen molar-refractivity contribution < 1.29 is 0 Å². The Labute approximate surface area is 288 Å². The van der Waals surface area contributed by atoms with Crippen LogP contribution in [0, 0.1) is 0 Å². The van der Waals surface area contributed by atoms with Gasteiger partial charge in [0.15, 0.2) is 0 Å². The maximum absolute atomic E-state index is 2.47. The van der Waals surface area contributed by atoms with Gasteiger partial charge in [-0.05, 0) is 93.7 Å². The molecule has 0 aromatic heterocycles.